The first-order valence-electron chi connectivity index (χ1n) is 8.19. The van der Waals surface area contributed by atoms with E-state index in [-0.39, 0.29) is 23.6 Å². The SMILES string of the molecule is CCS(=O)(=O)N1CCCC(C(=O)NC(C)c2ccccc2C)C1. The molecule has 1 aliphatic rings. The van der Waals surface area contributed by atoms with Gasteiger partial charge in [-0.05, 0) is 44.7 Å². The summed E-state index contributed by atoms with van der Waals surface area (Å²) >= 11 is 0. The number of piperidine rings is 1. The molecule has 1 saturated heterocycles. The number of rotatable bonds is 5. The van der Waals surface area contributed by atoms with Gasteiger partial charge >= 0.3 is 0 Å². The first-order chi connectivity index (χ1) is 10.8. The van der Waals surface area contributed by atoms with Gasteiger partial charge in [-0.3, -0.25) is 4.79 Å². The maximum atomic E-state index is 12.5. The number of benzene rings is 1. The summed E-state index contributed by atoms with van der Waals surface area (Å²) in [5.41, 5.74) is 2.23. The second kappa shape index (κ2) is 7.45. The maximum absolute atomic E-state index is 12.5. The first kappa shape index (κ1) is 17.9. The van der Waals surface area contributed by atoms with Crippen molar-refractivity contribution in [3.63, 3.8) is 0 Å². The zero-order valence-corrected chi connectivity index (χ0v) is 14.9. The van der Waals surface area contributed by atoms with E-state index in [2.05, 4.69) is 5.32 Å². The Labute approximate surface area is 139 Å². The van der Waals surface area contributed by atoms with Crippen molar-refractivity contribution in [2.24, 2.45) is 5.92 Å². The number of hydrogen-bond donors (Lipinski definition) is 1. The summed E-state index contributed by atoms with van der Waals surface area (Å²) in [7, 11) is -3.22. The van der Waals surface area contributed by atoms with Crippen LogP contribution >= 0.6 is 0 Å². The summed E-state index contributed by atoms with van der Waals surface area (Å²) in [6.07, 6.45) is 1.47. The third kappa shape index (κ3) is 4.32. The van der Waals surface area contributed by atoms with Gasteiger partial charge in [-0.15, -0.1) is 0 Å². The summed E-state index contributed by atoms with van der Waals surface area (Å²) in [4.78, 5) is 12.5. The van der Waals surface area contributed by atoms with Crippen LogP contribution in [-0.4, -0.2) is 37.5 Å². The Kier molecular flexibility index (Phi) is 5.81. The molecular weight excluding hydrogens is 312 g/mol. The van der Waals surface area contributed by atoms with Crippen molar-refractivity contribution in [3.8, 4) is 0 Å². The molecule has 23 heavy (non-hydrogen) atoms. The maximum Gasteiger partial charge on any atom is 0.224 e. The van der Waals surface area contributed by atoms with Gasteiger partial charge in [0.2, 0.25) is 15.9 Å². The highest BCUT2D eigenvalue weighted by atomic mass is 32.2. The fourth-order valence-electron chi connectivity index (χ4n) is 3.07. The highest BCUT2D eigenvalue weighted by Gasteiger charge is 2.31. The van der Waals surface area contributed by atoms with E-state index in [1.165, 1.54) is 4.31 Å². The molecule has 1 aliphatic heterocycles. The molecule has 1 N–H and O–H groups in total. The Hall–Kier alpha value is -1.40. The number of nitrogens with zero attached hydrogens (tertiary/aromatic N) is 1. The number of carbonyl (C=O) groups excluding carboxylic acids is 1. The van der Waals surface area contributed by atoms with Crippen LogP contribution in [0.3, 0.4) is 0 Å². The molecule has 2 unspecified atom stereocenters. The van der Waals surface area contributed by atoms with Crippen molar-refractivity contribution in [1.29, 1.82) is 0 Å². The molecule has 0 aromatic heterocycles. The topological polar surface area (TPSA) is 66.5 Å². The van der Waals surface area contributed by atoms with Gasteiger partial charge in [-0.1, -0.05) is 24.3 Å². The largest absolute Gasteiger partial charge is 0.349 e. The lowest BCUT2D eigenvalue weighted by Crippen LogP contribution is -2.46. The summed E-state index contributed by atoms with van der Waals surface area (Å²) in [5, 5.41) is 3.04. The molecule has 0 bridgehead atoms. The molecule has 0 radical (unpaired) electrons. The molecule has 1 amide bonds. The second-order valence-corrected chi connectivity index (χ2v) is 8.44. The van der Waals surface area contributed by atoms with Crippen molar-refractivity contribution in [2.75, 3.05) is 18.8 Å². The predicted molar refractivity (Wildman–Crippen MR) is 91.5 cm³/mol. The van der Waals surface area contributed by atoms with Crippen LogP contribution in [0.25, 0.3) is 0 Å². The minimum Gasteiger partial charge on any atom is -0.349 e. The van der Waals surface area contributed by atoms with Crippen molar-refractivity contribution < 1.29 is 13.2 Å². The van der Waals surface area contributed by atoms with E-state index in [4.69, 9.17) is 0 Å². The van der Waals surface area contributed by atoms with E-state index in [0.717, 1.165) is 24.0 Å². The predicted octanol–water partition coefficient (Wildman–Crippen LogP) is 2.23. The smallest absolute Gasteiger partial charge is 0.224 e. The molecule has 2 rings (SSSR count). The first-order valence-corrected chi connectivity index (χ1v) is 9.79. The van der Waals surface area contributed by atoms with Crippen LogP contribution in [0.2, 0.25) is 0 Å². The van der Waals surface area contributed by atoms with E-state index in [0.29, 0.717) is 13.1 Å². The lowest BCUT2D eigenvalue weighted by Gasteiger charge is -2.31. The number of carbonyl (C=O) groups is 1. The molecule has 1 heterocycles. The average Bonchev–Trinajstić information content (AvgIpc) is 2.55. The van der Waals surface area contributed by atoms with Gasteiger partial charge in [0, 0.05) is 13.1 Å². The van der Waals surface area contributed by atoms with Crippen LogP contribution in [0.15, 0.2) is 24.3 Å². The van der Waals surface area contributed by atoms with Gasteiger partial charge in [0.05, 0.1) is 17.7 Å². The van der Waals surface area contributed by atoms with Gasteiger partial charge in [-0.25, -0.2) is 12.7 Å². The van der Waals surface area contributed by atoms with Crippen molar-refractivity contribution in [2.45, 2.75) is 39.7 Å². The quantitative estimate of drug-likeness (QED) is 0.895. The molecule has 0 spiro atoms. The van der Waals surface area contributed by atoms with E-state index >= 15 is 0 Å². The monoisotopic (exact) mass is 338 g/mol. The van der Waals surface area contributed by atoms with Crippen LogP contribution in [-0.2, 0) is 14.8 Å². The molecule has 1 fully saturated rings. The second-order valence-electron chi connectivity index (χ2n) is 6.18. The third-order valence-electron chi connectivity index (χ3n) is 4.53. The Balaban J connectivity index is 2.02. The molecular formula is C17H26N2O3S. The van der Waals surface area contributed by atoms with Crippen LogP contribution in [0.4, 0.5) is 0 Å². The van der Waals surface area contributed by atoms with Gasteiger partial charge < -0.3 is 5.32 Å². The van der Waals surface area contributed by atoms with Gasteiger partial charge in [0.15, 0.2) is 0 Å². The van der Waals surface area contributed by atoms with Crippen molar-refractivity contribution >= 4 is 15.9 Å². The van der Waals surface area contributed by atoms with Crippen LogP contribution < -0.4 is 5.32 Å². The molecule has 128 valence electrons. The molecule has 0 aliphatic carbocycles. The minimum atomic E-state index is -3.22. The van der Waals surface area contributed by atoms with E-state index in [1.807, 2.05) is 38.1 Å². The Morgan fingerprint density at radius 2 is 2.09 bits per heavy atom. The number of nitrogens with one attached hydrogen (secondary N) is 1. The van der Waals surface area contributed by atoms with E-state index in [1.54, 1.807) is 6.92 Å². The lowest BCUT2D eigenvalue weighted by atomic mass is 9.97. The highest BCUT2D eigenvalue weighted by Crippen LogP contribution is 2.22. The summed E-state index contributed by atoms with van der Waals surface area (Å²) < 4.78 is 25.5. The van der Waals surface area contributed by atoms with E-state index < -0.39 is 10.0 Å². The lowest BCUT2D eigenvalue weighted by molar-refractivity contribution is -0.126. The van der Waals surface area contributed by atoms with Crippen molar-refractivity contribution in [3.05, 3.63) is 35.4 Å². The zero-order valence-electron chi connectivity index (χ0n) is 14.1. The van der Waals surface area contributed by atoms with E-state index in [9.17, 15) is 13.2 Å². The Bertz CT molecular complexity index is 658. The molecule has 0 saturated carbocycles. The highest BCUT2D eigenvalue weighted by molar-refractivity contribution is 7.89. The molecule has 1 aromatic rings. The Morgan fingerprint density at radius 3 is 2.74 bits per heavy atom. The fourth-order valence-corrected chi connectivity index (χ4v) is 4.25. The average molecular weight is 338 g/mol. The van der Waals surface area contributed by atoms with Crippen LogP contribution in [0, 0.1) is 12.8 Å². The summed E-state index contributed by atoms with van der Waals surface area (Å²) in [5.74, 6) is -0.241. The van der Waals surface area contributed by atoms with Gasteiger partial charge in [0.25, 0.3) is 0 Å². The normalized spacial score (nSPS) is 20.9. The van der Waals surface area contributed by atoms with Gasteiger partial charge in [-0.2, -0.15) is 0 Å². The Morgan fingerprint density at radius 1 is 1.39 bits per heavy atom. The standard InChI is InChI=1S/C17H26N2O3S/c1-4-23(21,22)19-11-7-9-15(12-19)17(20)18-14(3)16-10-6-5-8-13(16)2/h5-6,8,10,14-15H,4,7,9,11-12H2,1-3H3,(H,18,20). The molecule has 1 aromatic carbocycles. The van der Waals surface area contributed by atoms with Crippen molar-refractivity contribution in [1.82, 2.24) is 9.62 Å². The van der Waals surface area contributed by atoms with Gasteiger partial charge in [0.1, 0.15) is 0 Å². The van der Waals surface area contributed by atoms with Crippen LogP contribution in [0.1, 0.15) is 43.9 Å². The number of aryl methyl sites for hydroxylation is 1. The number of hydrogen-bond acceptors (Lipinski definition) is 3. The zero-order chi connectivity index (χ0) is 17.0. The fraction of sp³-hybridized carbons (Fsp3) is 0.588. The molecule has 2 atom stereocenters. The van der Waals surface area contributed by atoms with Crippen LogP contribution in [0.5, 0.6) is 0 Å². The summed E-state index contributed by atoms with van der Waals surface area (Å²) in [6.45, 7) is 6.44. The molecule has 5 nitrogen and oxygen atoms in total. The third-order valence-corrected chi connectivity index (χ3v) is 6.37. The number of amides is 1. The minimum absolute atomic E-state index is 0.0586. The summed E-state index contributed by atoms with van der Waals surface area (Å²) in [6, 6.07) is 7.88. The molecule has 6 heteroatoms. The number of sulfonamides is 1.